The second-order valence-electron chi connectivity index (χ2n) is 3.56. The van der Waals surface area contributed by atoms with E-state index in [1.54, 1.807) is 0 Å². The van der Waals surface area contributed by atoms with Gasteiger partial charge in [-0.25, -0.2) is 8.78 Å². The van der Waals surface area contributed by atoms with E-state index in [2.05, 4.69) is 0 Å². The monoisotopic (exact) mass is 311 g/mol. The minimum Gasteiger partial charge on any atom is -0.324 e. The third-order valence-corrected chi connectivity index (χ3v) is 3.24. The smallest absolute Gasteiger partial charge is 0.139 e. The highest BCUT2D eigenvalue weighted by Crippen LogP contribution is 2.26. The van der Waals surface area contributed by atoms with Crippen LogP contribution in [-0.4, -0.2) is 0 Å². The third kappa shape index (κ3) is 2.42. The first-order valence-electron chi connectivity index (χ1n) is 4.33. The summed E-state index contributed by atoms with van der Waals surface area (Å²) in [5.41, 5.74) is 6.38. The highest BCUT2D eigenvalue weighted by molar-refractivity contribution is 14.1. The van der Waals surface area contributed by atoms with Crippen LogP contribution in [0, 0.1) is 21.1 Å². The van der Waals surface area contributed by atoms with Crippen LogP contribution in [-0.2, 0) is 0 Å². The lowest BCUT2D eigenvalue weighted by Gasteiger charge is -2.17. The summed E-state index contributed by atoms with van der Waals surface area (Å²) in [6, 6.07) is 1.85. The van der Waals surface area contributed by atoms with E-state index >= 15 is 0 Å². The molecule has 1 rings (SSSR count). The topological polar surface area (TPSA) is 26.0 Å². The largest absolute Gasteiger partial charge is 0.324 e. The Labute approximate surface area is 95.8 Å². The molecule has 0 amide bonds. The molecule has 0 spiro atoms. The van der Waals surface area contributed by atoms with Crippen LogP contribution >= 0.6 is 22.6 Å². The Morgan fingerprint density at radius 2 is 1.86 bits per heavy atom. The number of nitrogens with two attached hydrogens (primary N) is 1. The van der Waals surface area contributed by atoms with Crippen molar-refractivity contribution in [2.24, 2.45) is 11.7 Å². The second-order valence-corrected chi connectivity index (χ2v) is 4.64. The van der Waals surface area contributed by atoms with Crippen molar-refractivity contribution >= 4 is 22.6 Å². The predicted octanol–water partition coefficient (Wildman–Crippen LogP) is 3.23. The van der Waals surface area contributed by atoms with Crippen molar-refractivity contribution in [2.45, 2.75) is 19.9 Å². The average molecular weight is 311 g/mol. The second kappa shape index (κ2) is 4.53. The molecule has 0 saturated carbocycles. The fraction of sp³-hybridized carbons (Fsp3) is 0.400. The van der Waals surface area contributed by atoms with E-state index in [1.807, 2.05) is 36.4 Å². The van der Waals surface area contributed by atoms with Crippen LogP contribution in [0.2, 0.25) is 0 Å². The van der Waals surface area contributed by atoms with Gasteiger partial charge in [0.1, 0.15) is 11.6 Å². The summed E-state index contributed by atoms with van der Waals surface area (Å²) in [6.07, 6.45) is 0. The van der Waals surface area contributed by atoms with E-state index in [-0.39, 0.29) is 12.0 Å². The van der Waals surface area contributed by atoms with Crippen LogP contribution in [0.25, 0.3) is 0 Å². The molecule has 1 aromatic rings. The van der Waals surface area contributed by atoms with Gasteiger partial charge in [0.15, 0.2) is 0 Å². The van der Waals surface area contributed by atoms with Gasteiger partial charge in [0.25, 0.3) is 0 Å². The van der Waals surface area contributed by atoms with Gasteiger partial charge in [-0.05, 0) is 40.1 Å². The molecule has 0 aliphatic carbocycles. The maximum absolute atomic E-state index is 13.2. The summed E-state index contributed by atoms with van der Waals surface area (Å²) in [7, 11) is 0. The summed E-state index contributed by atoms with van der Waals surface area (Å²) in [5, 5.41) is 0. The number of halogens is 3. The molecule has 14 heavy (non-hydrogen) atoms. The minimum atomic E-state index is -0.575. The van der Waals surface area contributed by atoms with Gasteiger partial charge in [-0.3, -0.25) is 0 Å². The average Bonchev–Trinajstić information content (AvgIpc) is 2.09. The van der Waals surface area contributed by atoms with Gasteiger partial charge in [0.2, 0.25) is 0 Å². The summed E-state index contributed by atoms with van der Waals surface area (Å²) < 4.78 is 26.5. The Morgan fingerprint density at radius 1 is 1.29 bits per heavy atom. The van der Waals surface area contributed by atoms with Crippen molar-refractivity contribution in [3.63, 3.8) is 0 Å². The fourth-order valence-corrected chi connectivity index (χ4v) is 1.85. The molecule has 4 heteroatoms. The molecule has 0 bridgehead atoms. The summed E-state index contributed by atoms with van der Waals surface area (Å²) in [5.74, 6) is -0.963. The molecule has 2 N–H and O–H groups in total. The van der Waals surface area contributed by atoms with Crippen molar-refractivity contribution in [2.75, 3.05) is 0 Å². The molecular weight excluding hydrogens is 299 g/mol. The van der Waals surface area contributed by atoms with Gasteiger partial charge in [-0.1, -0.05) is 13.8 Å². The highest BCUT2D eigenvalue weighted by atomic mass is 127. The Hall–Kier alpha value is -0.230. The molecule has 1 aromatic carbocycles. The van der Waals surface area contributed by atoms with Crippen LogP contribution in [0.3, 0.4) is 0 Å². The van der Waals surface area contributed by atoms with E-state index in [0.29, 0.717) is 9.13 Å². The van der Waals surface area contributed by atoms with Crippen LogP contribution in [0.5, 0.6) is 0 Å². The van der Waals surface area contributed by atoms with Gasteiger partial charge in [0.05, 0.1) is 3.57 Å². The van der Waals surface area contributed by atoms with Crippen LogP contribution in [0.4, 0.5) is 8.78 Å². The lowest BCUT2D eigenvalue weighted by Crippen LogP contribution is -2.18. The molecule has 0 aliphatic heterocycles. The molecule has 0 saturated heterocycles. The number of hydrogen-bond acceptors (Lipinski definition) is 1. The SMILES string of the molecule is CC(C)[C@@H](N)c1cc(F)cc(F)c1I. The minimum absolute atomic E-state index is 0.157. The number of hydrogen-bond donors (Lipinski definition) is 1. The molecule has 0 unspecified atom stereocenters. The Morgan fingerprint density at radius 3 is 2.36 bits per heavy atom. The maximum Gasteiger partial charge on any atom is 0.139 e. The summed E-state index contributed by atoms with van der Waals surface area (Å²) in [4.78, 5) is 0. The summed E-state index contributed by atoms with van der Waals surface area (Å²) >= 11 is 1.85. The first-order valence-corrected chi connectivity index (χ1v) is 5.41. The Kier molecular flexibility index (Phi) is 3.83. The standard InChI is InChI=1S/C10H12F2IN/c1-5(2)10(14)7-3-6(11)4-8(12)9(7)13/h3-5,10H,14H2,1-2H3/t10-/m1/s1. The quantitative estimate of drug-likeness (QED) is 0.659. The van der Waals surface area contributed by atoms with Gasteiger partial charge in [0, 0.05) is 12.1 Å². The van der Waals surface area contributed by atoms with Crippen LogP contribution in [0.15, 0.2) is 12.1 Å². The maximum atomic E-state index is 13.2. The van der Waals surface area contributed by atoms with E-state index in [4.69, 9.17) is 5.73 Å². The van der Waals surface area contributed by atoms with E-state index in [9.17, 15) is 8.78 Å². The normalized spacial score (nSPS) is 13.4. The van der Waals surface area contributed by atoms with Crippen molar-refractivity contribution in [3.05, 3.63) is 32.9 Å². The van der Waals surface area contributed by atoms with E-state index < -0.39 is 11.6 Å². The zero-order valence-electron chi connectivity index (χ0n) is 8.02. The molecule has 0 fully saturated rings. The lowest BCUT2D eigenvalue weighted by molar-refractivity contribution is 0.498. The fourth-order valence-electron chi connectivity index (χ4n) is 1.18. The highest BCUT2D eigenvalue weighted by Gasteiger charge is 2.17. The third-order valence-electron chi connectivity index (χ3n) is 2.10. The molecule has 78 valence electrons. The number of benzene rings is 1. The van der Waals surface area contributed by atoms with Crippen LogP contribution in [0.1, 0.15) is 25.5 Å². The molecule has 0 heterocycles. The van der Waals surface area contributed by atoms with Crippen LogP contribution < -0.4 is 5.73 Å². The van der Waals surface area contributed by atoms with E-state index in [0.717, 1.165) is 6.07 Å². The zero-order valence-corrected chi connectivity index (χ0v) is 10.2. The zero-order chi connectivity index (χ0) is 10.9. The molecular formula is C10H12F2IN. The van der Waals surface area contributed by atoms with E-state index in [1.165, 1.54) is 6.07 Å². The first-order chi connectivity index (χ1) is 6.43. The molecule has 1 nitrogen and oxygen atoms in total. The molecule has 0 radical (unpaired) electrons. The van der Waals surface area contributed by atoms with Crippen molar-refractivity contribution in [1.82, 2.24) is 0 Å². The Bertz CT molecular complexity index is 339. The molecule has 0 aliphatic rings. The predicted molar refractivity (Wildman–Crippen MR) is 60.8 cm³/mol. The Balaban J connectivity index is 3.20. The number of rotatable bonds is 2. The van der Waals surface area contributed by atoms with Crippen molar-refractivity contribution in [3.8, 4) is 0 Å². The lowest BCUT2D eigenvalue weighted by atomic mass is 9.97. The van der Waals surface area contributed by atoms with Gasteiger partial charge in [-0.2, -0.15) is 0 Å². The van der Waals surface area contributed by atoms with Crippen molar-refractivity contribution in [1.29, 1.82) is 0 Å². The molecule has 0 aromatic heterocycles. The summed E-state index contributed by atoms with van der Waals surface area (Å²) in [6.45, 7) is 3.84. The van der Waals surface area contributed by atoms with Gasteiger partial charge < -0.3 is 5.73 Å². The van der Waals surface area contributed by atoms with Crippen molar-refractivity contribution < 1.29 is 8.78 Å². The first kappa shape index (κ1) is 11.8. The van der Waals surface area contributed by atoms with Gasteiger partial charge >= 0.3 is 0 Å². The molecule has 1 atom stereocenters. The van der Waals surface area contributed by atoms with Gasteiger partial charge in [-0.15, -0.1) is 0 Å².